The molecule has 94 valence electrons. The van der Waals surface area contributed by atoms with E-state index < -0.39 is 0 Å². The van der Waals surface area contributed by atoms with Crippen LogP contribution in [0.3, 0.4) is 0 Å². The summed E-state index contributed by atoms with van der Waals surface area (Å²) in [4.78, 5) is 0. The molecule has 1 saturated heterocycles. The molecular weight excluding hydrogens is 261 g/mol. The van der Waals surface area contributed by atoms with E-state index in [1.54, 1.807) is 12.1 Å². The summed E-state index contributed by atoms with van der Waals surface area (Å²) in [5, 5.41) is 0.893. The van der Waals surface area contributed by atoms with Crippen molar-refractivity contribution in [3.05, 3.63) is 22.2 Å². The zero-order valence-electron chi connectivity index (χ0n) is 9.42. The molecule has 0 aromatic heterocycles. The van der Waals surface area contributed by atoms with Crippen LogP contribution in [0.15, 0.2) is 12.1 Å². The molecule has 1 fully saturated rings. The second-order valence-corrected chi connectivity index (χ2v) is 4.90. The second kappa shape index (κ2) is 5.80. The monoisotopic (exact) mass is 275 g/mol. The molecule has 1 unspecified atom stereocenters. The molecule has 1 aliphatic heterocycles. The van der Waals surface area contributed by atoms with Crippen molar-refractivity contribution < 1.29 is 9.47 Å². The maximum Gasteiger partial charge on any atom is 0.156 e. The molecule has 1 aromatic rings. The lowest BCUT2D eigenvalue weighted by molar-refractivity contribution is 0.0904. The Labute approximate surface area is 111 Å². The van der Waals surface area contributed by atoms with Crippen molar-refractivity contribution in [3.8, 4) is 5.75 Å². The molecule has 0 saturated carbocycles. The van der Waals surface area contributed by atoms with Crippen LogP contribution in [0.5, 0.6) is 5.75 Å². The third-order valence-corrected chi connectivity index (χ3v) is 3.29. The van der Waals surface area contributed by atoms with Gasteiger partial charge in [-0.05, 0) is 25.0 Å². The van der Waals surface area contributed by atoms with Crippen molar-refractivity contribution >= 4 is 28.9 Å². The van der Waals surface area contributed by atoms with E-state index in [-0.39, 0.29) is 0 Å². The summed E-state index contributed by atoms with van der Waals surface area (Å²) in [6.45, 7) is 1.40. The van der Waals surface area contributed by atoms with E-state index in [4.69, 9.17) is 38.4 Å². The summed E-state index contributed by atoms with van der Waals surface area (Å²) >= 11 is 12.0. The Morgan fingerprint density at radius 2 is 2.06 bits per heavy atom. The van der Waals surface area contributed by atoms with Gasteiger partial charge in [0.15, 0.2) is 5.75 Å². The number of ether oxygens (including phenoxy) is 2. The zero-order valence-corrected chi connectivity index (χ0v) is 10.9. The van der Waals surface area contributed by atoms with Crippen molar-refractivity contribution in [2.24, 2.45) is 0 Å². The normalized spacial score (nSPS) is 19.5. The molecule has 2 rings (SSSR count). The average molecular weight is 276 g/mol. The van der Waals surface area contributed by atoms with Crippen LogP contribution >= 0.6 is 23.2 Å². The third kappa shape index (κ3) is 3.41. The highest BCUT2D eigenvalue weighted by Gasteiger charge is 2.16. The van der Waals surface area contributed by atoms with Crippen molar-refractivity contribution in [2.45, 2.75) is 25.4 Å². The van der Waals surface area contributed by atoms with Gasteiger partial charge in [-0.25, -0.2) is 0 Å². The van der Waals surface area contributed by atoms with Crippen LogP contribution in [0.2, 0.25) is 10.0 Å². The highest BCUT2D eigenvalue weighted by Crippen LogP contribution is 2.35. The van der Waals surface area contributed by atoms with Crippen LogP contribution in [0, 0.1) is 0 Å². The Balaban J connectivity index is 1.89. The predicted octanol–water partition coefficient (Wildman–Crippen LogP) is 3.52. The molecule has 0 spiro atoms. The minimum absolute atomic E-state index is 0.307. The number of anilines is 1. The lowest BCUT2D eigenvalue weighted by Gasteiger charge is -2.13. The topological polar surface area (TPSA) is 44.5 Å². The largest absolute Gasteiger partial charge is 0.490 e. The molecule has 17 heavy (non-hydrogen) atoms. The summed E-state index contributed by atoms with van der Waals surface area (Å²) in [6, 6.07) is 3.27. The van der Waals surface area contributed by atoms with Crippen LogP contribution in [-0.4, -0.2) is 19.3 Å². The average Bonchev–Trinajstić information content (AvgIpc) is 2.74. The minimum atomic E-state index is 0.307. The van der Waals surface area contributed by atoms with Gasteiger partial charge < -0.3 is 15.2 Å². The Kier molecular flexibility index (Phi) is 4.37. The Morgan fingerprint density at radius 1 is 1.35 bits per heavy atom. The van der Waals surface area contributed by atoms with E-state index in [1.165, 1.54) is 0 Å². The lowest BCUT2D eigenvalue weighted by Crippen LogP contribution is -2.11. The van der Waals surface area contributed by atoms with Crippen molar-refractivity contribution in [3.63, 3.8) is 0 Å². The minimum Gasteiger partial charge on any atom is -0.490 e. The highest BCUT2D eigenvalue weighted by molar-refractivity contribution is 6.37. The number of hydrogen-bond donors (Lipinski definition) is 1. The summed E-state index contributed by atoms with van der Waals surface area (Å²) in [7, 11) is 0. The van der Waals surface area contributed by atoms with Gasteiger partial charge in [0.1, 0.15) is 0 Å². The molecule has 5 heteroatoms. The van der Waals surface area contributed by atoms with Crippen LogP contribution in [0.25, 0.3) is 0 Å². The Bertz CT molecular complexity index is 369. The quantitative estimate of drug-likeness (QED) is 0.856. The van der Waals surface area contributed by atoms with Crippen LogP contribution in [0.4, 0.5) is 5.69 Å². The predicted molar refractivity (Wildman–Crippen MR) is 70.0 cm³/mol. The Hall–Kier alpha value is -0.640. The number of hydrogen-bond acceptors (Lipinski definition) is 3. The van der Waals surface area contributed by atoms with Gasteiger partial charge in [0, 0.05) is 18.7 Å². The standard InChI is InChI=1S/C12H15Cl2NO2/c13-10-6-8(15)7-11(14)12(10)17-5-3-9-2-1-4-16-9/h6-7,9H,1-5,15H2. The number of benzene rings is 1. The molecule has 0 aliphatic carbocycles. The molecule has 0 radical (unpaired) electrons. The summed E-state index contributed by atoms with van der Waals surface area (Å²) < 4.78 is 11.1. The number of nitrogens with two attached hydrogens (primary N) is 1. The van der Waals surface area contributed by atoms with E-state index in [9.17, 15) is 0 Å². The summed E-state index contributed by atoms with van der Waals surface area (Å²) in [5.74, 6) is 0.500. The number of halogens is 2. The molecule has 1 aliphatic rings. The van der Waals surface area contributed by atoms with E-state index in [2.05, 4.69) is 0 Å². The van der Waals surface area contributed by atoms with Crippen LogP contribution in [0.1, 0.15) is 19.3 Å². The smallest absolute Gasteiger partial charge is 0.156 e. The van der Waals surface area contributed by atoms with Gasteiger partial charge in [-0.1, -0.05) is 23.2 Å². The highest BCUT2D eigenvalue weighted by atomic mass is 35.5. The van der Waals surface area contributed by atoms with Gasteiger partial charge in [-0.3, -0.25) is 0 Å². The molecule has 0 amide bonds. The fourth-order valence-electron chi connectivity index (χ4n) is 1.88. The zero-order chi connectivity index (χ0) is 12.3. The Morgan fingerprint density at radius 3 is 2.65 bits per heavy atom. The first-order chi connectivity index (χ1) is 8.16. The molecule has 2 N–H and O–H groups in total. The molecular formula is C12H15Cl2NO2. The maximum absolute atomic E-state index is 6.01. The first-order valence-corrected chi connectivity index (χ1v) is 6.41. The van der Waals surface area contributed by atoms with Gasteiger partial charge in [-0.2, -0.15) is 0 Å². The van der Waals surface area contributed by atoms with Gasteiger partial charge in [-0.15, -0.1) is 0 Å². The summed E-state index contributed by atoms with van der Waals surface area (Å²) in [6.07, 6.45) is 3.40. The van der Waals surface area contributed by atoms with Crippen molar-refractivity contribution in [1.29, 1.82) is 0 Å². The third-order valence-electron chi connectivity index (χ3n) is 2.73. The van der Waals surface area contributed by atoms with Crippen molar-refractivity contribution in [2.75, 3.05) is 18.9 Å². The molecule has 0 bridgehead atoms. The second-order valence-electron chi connectivity index (χ2n) is 4.09. The van der Waals surface area contributed by atoms with E-state index in [0.717, 1.165) is 25.9 Å². The van der Waals surface area contributed by atoms with E-state index in [1.807, 2.05) is 0 Å². The fraction of sp³-hybridized carbons (Fsp3) is 0.500. The molecule has 3 nitrogen and oxygen atoms in total. The van der Waals surface area contributed by atoms with Crippen LogP contribution in [-0.2, 0) is 4.74 Å². The maximum atomic E-state index is 6.01. The number of nitrogen functional groups attached to an aromatic ring is 1. The summed E-state index contributed by atoms with van der Waals surface area (Å²) in [5.41, 5.74) is 6.15. The number of rotatable bonds is 4. The first kappa shape index (κ1) is 12.8. The van der Waals surface area contributed by atoms with E-state index in [0.29, 0.717) is 34.2 Å². The van der Waals surface area contributed by atoms with Crippen LogP contribution < -0.4 is 10.5 Å². The van der Waals surface area contributed by atoms with Gasteiger partial charge >= 0.3 is 0 Å². The van der Waals surface area contributed by atoms with Crippen molar-refractivity contribution in [1.82, 2.24) is 0 Å². The molecule has 1 atom stereocenters. The van der Waals surface area contributed by atoms with Gasteiger partial charge in [0.05, 0.1) is 22.8 Å². The lowest BCUT2D eigenvalue weighted by atomic mass is 10.2. The molecule has 1 aromatic carbocycles. The fourth-order valence-corrected chi connectivity index (χ4v) is 2.49. The van der Waals surface area contributed by atoms with Gasteiger partial charge in [0.25, 0.3) is 0 Å². The SMILES string of the molecule is Nc1cc(Cl)c(OCCC2CCCO2)c(Cl)c1. The van der Waals surface area contributed by atoms with Gasteiger partial charge in [0.2, 0.25) is 0 Å². The first-order valence-electron chi connectivity index (χ1n) is 5.66. The molecule has 1 heterocycles. The van der Waals surface area contributed by atoms with E-state index >= 15 is 0 Å².